The van der Waals surface area contributed by atoms with Crippen LogP contribution in [0, 0.1) is 10.8 Å². The van der Waals surface area contributed by atoms with E-state index in [4.69, 9.17) is 18.9 Å². The molecule has 0 radical (unpaired) electrons. The molecule has 0 rings (SSSR count). The molecule has 0 saturated carbocycles. The fraction of sp³-hybridized carbons (Fsp3) is 0.722. The van der Waals surface area contributed by atoms with E-state index in [-0.39, 0.29) is 25.7 Å². The van der Waals surface area contributed by atoms with E-state index in [2.05, 4.69) is 53.5 Å². The molecule has 0 aliphatic heterocycles. The molecule has 8 nitrogen and oxygen atoms in total. The molecule has 0 spiro atoms. The van der Waals surface area contributed by atoms with Gasteiger partial charge in [-0.1, -0.05) is 28.2 Å². The maximum absolute atomic E-state index is 13.3. The average Bonchev–Trinajstić information content (AvgIpc) is 3.07. The van der Waals surface area contributed by atoms with Crippen molar-refractivity contribution in [1.29, 1.82) is 0 Å². The SMILES string of the molecule is CCC[CH2][Sn](/[CH]=C/CC(CC/C(C)=C\CCC(C/C(C)=C/I)(C(=O)OC)C(=O)OC)(C(=O)OC)C(=O)OC)([CH2]CCC)[CH2]CCC. The maximum atomic E-state index is 13.3. The van der Waals surface area contributed by atoms with Crippen LogP contribution in [-0.4, -0.2) is 70.7 Å². The van der Waals surface area contributed by atoms with E-state index in [1.54, 1.807) is 0 Å². The van der Waals surface area contributed by atoms with Gasteiger partial charge < -0.3 is 9.47 Å². The Balaban J connectivity index is 6.32. The third kappa shape index (κ3) is 13.6. The fourth-order valence-electron chi connectivity index (χ4n) is 6.17. The second-order valence-corrected chi connectivity index (χ2v) is 26.3. The Morgan fingerprint density at radius 2 is 1.11 bits per heavy atom. The molecule has 0 bridgehead atoms. The molecule has 0 aromatic heterocycles. The molecule has 10 heteroatoms. The normalized spacial score (nSPS) is 13.1. The predicted molar refractivity (Wildman–Crippen MR) is 196 cm³/mol. The van der Waals surface area contributed by atoms with Gasteiger partial charge in [-0.05, 0) is 11.0 Å². The van der Waals surface area contributed by atoms with Gasteiger partial charge in [0.1, 0.15) is 0 Å². The first-order chi connectivity index (χ1) is 21.9. The molecule has 0 atom stereocenters. The first kappa shape index (κ1) is 44.6. The van der Waals surface area contributed by atoms with Crippen molar-refractivity contribution < 1.29 is 38.1 Å². The van der Waals surface area contributed by atoms with Gasteiger partial charge >= 0.3 is 226 Å². The molecular formula is C36H61IO8Sn. The van der Waals surface area contributed by atoms with Crippen molar-refractivity contribution in [2.24, 2.45) is 10.8 Å². The summed E-state index contributed by atoms with van der Waals surface area (Å²) in [5, 5.41) is 0. The van der Waals surface area contributed by atoms with Crippen molar-refractivity contribution >= 4 is 64.8 Å². The Hall–Kier alpha value is -1.37. The summed E-state index contributed by atoms with van der Waals surface area (Å²) in [6.07, 6.45) is 12.9. The second kappa shape index (κ2) is 23.9. The van der Waals surface area contributed by atoms with Gasteiger partial charge in [0.25, 0.3) is 0 Å². The molecule has 0 N–H and O–H groups in total. The van der Waals surface area contributed by atoms with Gasteiger partial charge in [-0.15, -0.1) is 0 Å². The molecule has 0 aliphatic rings. The zero-order chi connectivity index (χ0) is 35.2. The van der Waals surface area contributed by atoms with Crippen molar-refractivity contribution in [1.82, 2.24) is 0 Å². The Bertz CT molecular complexity index is 995. The van der Waals surface area contributed by atoms with Crippen LogP contribution in [0.3, 0.4) is 0 Å². The molecule has 0 unspecified atom stereocenters. The molecule has 0 fully saturated rings. The zero-order valence-corrected chi connectivity index (χ0v) is 35.1. The third-order valence-electron chi connectivity index (χ3n) is 9.10. The van der Waals surface area contributed by atoms with Crippen LogP contribution < -0.4 is 0 Å². The van der Waals surface area contributed by atoms with Crippen LogP contribution in [0.5, 0.6) is 0 Å². The number of methoxy groups -OCH3 is 4. The molecule has 0 aliphatic carbocycles. The number of halogens is 1. The van der Waals surface area contributed by atoms with E-state index in [1.165, 1.54) is 80.3 Å². The van der Waals surface area contributed by atoms with E-state index in [9.17, 15) is 19.2 Å². The Labute approximate surface area is 296 Å². The predicted octanol–water partition coefficient (Wildman–Crippen LogP) is 9.22. The van der Waals surface area contributed by atoms with E-state index in [0.717, 1.165) is 11.1 Å². The van der Waals surface area contributed by atoms with Gasteiger partial charge in [-0.3, -0.25) is 9.59 Å². The number of rotatable bonds is 24. The molecule has 0 heterocycles. The molecule has 0 aromatic carbocycles. The van der Waals surface area contributed by atoms with Crippen LogP contribution in [-0.2, 0) is 38.1 Å². The fourth-order valence-corrected chi connectivity index (χ4v) is 20.8. The molecule has 0 amide bonds. The number of hydrogen-bond donors (Lipinski definition) is 0. The Morgan fingerprint density at radius 3 is 1.50 bits per heavy atom. The van der Waals surface area contributed by atoms with Crippen LogP contribution >= 0.6 is 22.6 Å². The number of unbranched alkanes of at least 4 members (excludes halogenated alkanes) is 3. The second-order valence-electron chi connectivity index (χ2n) is 12.6. The van der Waals surface area contributed by atoms with Gasteiger partial charge in [-0.25, -0.2) is 0 Å². The first-order valence-electron chi connectivity index (χ1n) is 16.8. The molecular weight excluding hydrogens is 806 g/mol. The summed E-state index contributed by atoms with van der Waals surface area (Å²) in [7, 11) is 5.16. The van der Waals surface area contributed by atoms with E-state index >= 15 is 0 Å². The summed E-state index contributed by atoms with van der Waals surface area (Å²) in [6, 6.07) is 0. The van der Waals surface area contributed by atoms with Gasteiger partial charge in [0.05, 0.1) is 14.2 Å². The number of allylic oxidation sites excluding steroid dienone is 4. The Morgan fingerprint density at radius 1 is 0.674 bits per heavy atom. The molecule has 0 aromatic rings. The minimum atomic E-state index is -2.66. The molecule has 0 saturated heterocycles. The first-order valence-corrected chi connectivity index (χ1v) is 25.8. The summed E-state index contributed by atoms with van der Waals surface area (Å²) < 4.78 is 28.7. The summed E-state index contributed by atoms with van der Waals surface area (Å²) in [5.74, 6) is -2.46. The number of hydrogen-bond acceptors (Lipinski definition) is 8. The van der Waals surface area contributed by atoms with E-state index in [1.807, 2.05) is 24.0 Å². The monoisotopic (exact) mass is 868 g/mol. The number of ether oxygens (including phenoxy) is 4. The van der Waals surface area contributed by atoms with Crippen molar-refractivity contribution in [3.8, 4) is 0 Å². The van der Waals surface area contributed by atoms with Crippen LogP contribution in [0.25, 0.3) is 0 Å². The third-order valence-corrected chi connectivity index (χ3v) is 24.4. The van der Waals surface area contributed by atoms with Crippen molar-refractivity contribution in [2.45, 2.75) is 125 Å². The number of carbonyl (C=O) groups is 4. The zero-order valence-electron chi connectivity index (χ0n) is 30.1. The van der Waals surface area contributed by atoms with Crippen LogP contribution in [0.4, 0.5) is 0 Å². The van der Waals surface area contributed by atoms with Crippen molar-refractivity contribution in [2.75, 3.05) is 28.4 Å². The van der Waals surface area contributed by atoms with E-state index < -0.39 is 53.1 Å². The quantitative estimate of drug-likeness (QED) is 0.0236. The average molecular weight is 867 g/mol. The van der Waals surface area contributed by atoms with Gasteiger partial charge in [-0.2, -0.15) is 0 Å². The Kier molecular flexibility index (Phi) is 23.2. The van der Waals surface area contributed by atoms with Gasteiger partial charge in [0.15, 0.2) is 0 Å². The summed E-state index contributed by atoms with van der Waals surface area (Å²) in [5.41, 5.74) is -1.14. The van der Waals surface area contributed by atoms with Crippen molar-refractivity contribution in [3.05, 3.63) is 31.5 Å². The standard InChI is InChI=1S/C24H34IO8.3C4H9.Sn/c1-8-12-23(19(26)30-4,20(27)31-5)14-11-17(2)10-9-13-24(21(28)32-6,22(29)33-7)15-18(3)16-25;3*1-3-4-2;/h1,8,10,16H,9,11-15H2,2-7H3;3*1,3-4H2,2H3;/b8-1?,17-10-,18-16+;;;;. The molecule has 264 valence electrons. The van der Waals surface area contributed by atoms with Gasteiger partial charge in [0, 0.05) is 0 Å². The van der Waals surface area contributed by atoms with Crippen LogP contribution in [0.1, 0.15) is 112 Å². The summed E-state index contributed by atoms with van der Waals surface area (Å²) >= 11 is -0.572. The van der Waals surface area contributed by atoms with Gasteiger partial charge in [0.2, 0.25) is 0 Å². The summed E-state index contributed by atoms with van der Waals surface area (Å²) in [4.78, 5) is 52.5. The van der Waals surface area contributed by atoms with Crippen molar-refractivity contribution in [3.63, 3.8) is 0 Å². The topological polar surface area (TPSA) is 105 Å². The van der Waals surface area contributed by atoms with Crippen LogP contribution in [0.2, 0.25) is 13.3 Å². The number of esters is 4. The molecule has 46 heavy (non-hydrogen) atoms. The van der Waals surface area contributed by atoms with E-state index in [0.29, 0.717) is 12.8 Å². The summed E-state index contributed by atoms with van der Waals surface area (Å²) in [6.45, 7) is 10.5. The minimum absolute atomic E-state index is 0.184. The number of carbonyl (C=O) groups excluding carboxylic acids is 4. The van der Waals surface area contributed by atoms with Crippen LogP contribution in [0.15, 0.2) is 31.5 Å².